The molecule has 2 aromatic carbocycles. The highest BCUT2D eigenvalue weighted by Gasteiger charge is 1.91. The molecule has 0 bridgehead atoms. The Kier molecular flexibility index (Phi) is 4.18. The lowest BCUT2D eigenvalue weighted by Gasteiger charge is -2.00. The first-order chi connectivity index (χ1) is 8.24. The molecule has 4 heteroatoms. The average Bonchev–Trinajstić information content (AvgIpc) is 2.32. The van der Waals surface area contributed by atoms with Crippen LogP contribution in [0.5, 0.6) is 0 Å². The van der Waals surface area contributed by atoms with Crippen LogP contribution in [0.1, 0.15) is 5.56 Å². The maximum Gasteiger partial charge on any atom is 0.0576 e. The van der Waals surface area contributed by atoms with Gasteiger partial charge in [-0.25, -0.2) is 0 Å². The molecule has 0 saturated carbocycles. The summed E-state index contributed by atoms with van der Waals surface area (Å²) < 4.78 is 1.05. The van der Waals surface area contributed by atoms with E-state index in [0.29, 0.717) is 5.02 Å². The molecule has 0 radical (unpaired) electrons. The van der Waals surface area contributed by atoms with Gasteiger partial charge in [-0.15, -0.1) is 0 Å². The van der Waals surface area contributed by atoms with Gasteiger partial charge in [0.2, 0.25) is 0 Å². The number of rotatable bonds is 3. The average molecular weight is 310 g/mol. The van der Waals surface area contributed by atoms with Crippen LogP contribution in [0, 0.1) is 0 Å². The van der Waals surface area contributed by atoms with Crippen molar-refractivity contribution in [2.24, 2.45) is 5.10 Å². The molecule has 2 rings (SSSR count). The minimum absolute atomic E-state index is 0.689. The van der Waals surface area contributed by atoms with E-state index in [9.17, 15) is 0 Å². The Morgan fingerprint density at radius 3 is 2.59 bits per heavy atom. The lowest BCUT2D eigenvalue weighted by molar-refractivity contribution is 1.35. The van der Waals surface area contributed by atoms with Crippen molar-refractivity contribution in [3.05, 3.63) is 63.6 Å². The van der Waals surface area contributed by atoms with Gasteiger partial charge in [-0.1, -0.05) is 45.7 Å². The molecule has 0 heterocycles. The van der Waals surface area contributed by atoms with Crippen LogP contribution < -0.4 is 5.43 Å². The molecule has 0 saturated heterocycles. The van der Waals surface area contributed by atoms with E-state index in [4.69, 9.17) is 11.6 Å². The van der Waals surface area contributed by atoms with Gasteiger partial charge in [0, 0.05) is 9.50 Å². The van der Waals surface area contributed by atoms with E-state index in [0.717, 1.165) is 15.7 Å². The van der Waals surface area contributed by atoms with Crippen LogP contribution in [-0.2, 0) is 0 Å². The second kappa shape index (κ2) is 5.84. The Morgan fingerprint density at radius 1 is 1.12 bits per heavy atom. The molecule has 0 spiro atoms. The van der Waals surface area contributed by atoms with Gasteiger partial charge >= 0.3 is 0 Å². The molecular formula is C13H10BrClN2. The monoisotopic (exact) mass is 308 g/mol. The molecule has 0 amide bonds. The van der Waals surface area contributed by atoms with Gasteiger partial charge in [0.25, 0.3) is 0 Å². The third-order valence-corrected chi connectivity index (χ3v) is 2.87. The molecule has 0 unspecified atom stereocenters. The number of nitrogens with one attached hydrogen (secondary N) is 1. The van der Waals surface area contributed by atoms with Crippen molar-refractivity contribution in [3.63, 3.8) is 0 Å². The van der Waals surface area contributed by atoms with Crippen LogP contribution in [0.15, 0.2) is 58.1 Å². The van der Waals surface area contributed by atoms with Crippen molar-refractivity contribution in [2.75, 3.05) is 5.43 Å². The van der Waals surface area contributed by atoms with E-state index in [2.05, 4.69) is 26.5 Å². The van der Waals surface area contributed by atoms with Gasteiger partial charge in [0.1, 0.15) is 0 Å². The summed E-state index contributed by atoms with van der Waals surface area (Å²) in [5.41, 5.74) is 4.82. The van der Waals surface area contributed by atoms with E-state index in [1.165, 1.54) is 0 Å². The zero-order valence-electron chi connectivity index (χ0n) is 8.90. The van der Waals surface area contributed by atoms with Crippen LogP contribution in [0.25, 0.3) is 0 Å². The van der Waals surface area contributed by atoms with E-state index >= 15 is 0 Å². The number of nitrogens with zero attached hydrogens (tertiary/aromatic N) is 1. The summed E-state index contributed by atoms with van der Waals surface area (Å²) in [6.07, 6.45) is 1.76. The smallest absolute Gasteiger partial charge is 0.0576 e. The topological polar surface area (TPSA) is 24.4 Å². The highest BCUT2D eigenvalue weighted by atomic mass is 79.9. The van der Waals surface area contributed by atoms with Crippen molar-refractivity contribution < 1.29 is 0 Å². The minimum atomic E-state index is 0.689. The number of halogens is 2. The summed E-state index contributed by atoms with van der Waals surface area (Å²) in [7, 11) is 0. The van der Waals surface area contributed by atoms with Gasteiger partial charge in [-0.2, -0.15) is 5.10 Å². The molecule has 2 aromatic rings. The van der Waals surface area contributed by atoms with Crippen molar-refractivity contribution in [3.8, 4) is 0 Å². The highest BCUT2D eigenvalue weighted by Crippen LogP contribution is 2.14. The Morgan fingerprint density at radius 2 is 1.88 bits per heavy atom. The normalized spacial score (nSPS) is 10.7. The summed E-state index contributed by atoms with van der Waals surface area (Å²) in [4.78, 5) is 0. The zero-order valence-corrected chi connectivity index (χ0v) is 11.2. The first-order valence-corrected chi connectivity index (χ1v) is 6.21. The number of hydrazone groups is 1. The van der Waals surface area contributed by atoms with Crippen LogP contribution in [0.4, 0.5) is 5.69 Å². The van der Waals surface area contributed by atoms with Crippen molar-refractivity contribution in [2.45, 2.75) is 0 Å². The first-order valence-electron chi connectivity index (χ1n) is 5.04. The van der Waals surface area contributed by atoms with Gasteiger partial charge in [-0.05, 0) is 35.9 Å². The number of hydrogen-bond acceptors (Lipinski definition) is 2. The molecule has 2 nitrogen and oxygen atoms in total. The second-order valence-corrected chi connectivity index (χ2v) is 4.78. The molecule has 0 aromatic heterocycles. The summed E-state index contributed by atoms with van der Waals surface area (Å²) in [5, 5.41) is 4.82. The van der Waals surface area contributed by atoms with Crippen molar-refractivity contribution in [1.29, 1.82) is 0 Å². The fourth-order valence-electron chi connectivity index (χ4n) is 1.29. The summed E-state index contributed by atoms with van der Waals surface area (Å²) >= 11 is 9.24. The second-order valence-electron chi connectivity index (χ2n) is 3.43. The number of benzene rings is 2. The lowest BCUT2D eigenvalue weighted by atomic mass is 10.2. The van der Waals surface area contributed by atoms with E-state index in [-0.39, 0.29) is 0 Å². The molecule has 0 aliphatic rings. The first kappa shape index (κ1) is 12.1. The summed E-state index contributed by atoms with van der Waals surface area (Å²) in [6, 6.07) is 15.3. The lowest BCUT2D eigenvalue weighted by Crippen LogP contribution is -1.90. The van der Waals surface area contributed by atoms with Crippen LogP contribution >= 0.6 is 27.5 Å². The highest BCUT2D eigenvalue weighted by molar-refractivity contribution is 9.10. The van der Waals surface area contributed by atoms with Crippen LogP contribution in [0.2, 0.25) is 5.02 Å². The van der Waals surface area contributed by atoms with Gasteiger partial charge in [0.05, 0.1) is 11.9 Å². The predicted octanol–water partition coefficient (Wildman–Crippen LogP) is 4.55. The Bertz CT molecular complexity index is 523. The molecule has 0 aliphatic carbocycles. The van der Waals surface area contributed by atoms with E-state index in [1.807, 2.05) is 48.5 Å². The summed E-state index contributed by atoms with van der Waals surface area (Å²) in [6.45, 7) is 0. The fourth-order valence-corrected chi connectivity index (χ4v) is 1.74. The van der Waals surface area contributed by atoms with E-state index in [1.54, 1.807) is 6.21 Å². The molecule has 0 atom stereocenters. The minimum Gasteiger partial charge on any atom is -0.278 e. The van der Waals surface area contributed by atoms with Crippen LogP contribution in [0.3, 0.4) is 0 Å². The standard InChI is InChI=1S/C13H10BrClN2/c14-11-6-4-10(5-7-11)9-16-17-13-3-1-2-12(15)8-13/h1-9,17H. The maximum absolute atomic E-state index is 5.86. The third-order valence-electron chi connectivity index (χ3n) is 2.10. The largest absolute Gasteiger partial charge is 0.278 e. The number of anilines is 1. The number of hydrogen-bond donors (Lipinski definition) is 1. The van der Waals surface area contributed by atoms with Crippen LogP contribution in [-0.4, -0.2) is 6.21 Å². The Balaban J connectivity index is 2.00. The Labute approximate surface area is 113 Å². The van der Waals surface area contributed by atoms with Gasteiger partial charge in [-0.3, -0.25) is 5.43 Å². The zero-order chi connectivity index (χ0) is 12.1. The third kappa shape index (κ3) is 3.88. The maximum atomic E-state index is 5.86. The van der Waals surface area contributed by atoms with Crippen molar-refractivity contribution >= 4 is 39.4 Å². The van der Waals surface area contributed by atoms with Gasteiger partial charge in [0.15, 0.2) is 0 Å². The fraction of sp³-hybridized carbons (Fsp3) is 0. The molecule has 17 heavy (non-hydrogen) atoms. The predicted molar refractivity (Wildman–Crippen MR) is 76.8 cm³/mol. The van der Waals surface area contributed by atoms with Gasteiger partial charge < -0.3 is 0 Å². The summed E-state index contributed by atoms with van der Waals surface area (Å²) in [5.74, 6) is 0. The molecular weight excluding hydrogens is 300 g/mol. The van der Waals surface area contributed by atoms with E-state index < -0.39 is 0 Å². The molecule has 0 fully saturated rings. The molecule has 0 aliphatic heterocycles. The van der Waals surface area contributed by atoms with Crippen molar-refractivity contribution in [1.82, 2.24) is 0 Å². The Hall–Kier alpha value is -1.32. The molecule has 1 N–H and O–H groups in total. The quantitative estimate of drug-likeness (QED) is 0.653. The SMILES string of the molecule is Clc1cccc(NN=Cc2ccc(Br)cc2)c1. The molecule has 86 valence electrons.